The summed E-state index contributed by atoms with van der Waals surface area (Å²) < 4.78 is 1.84. The van der Waals surface area contributed by atoms with Crippen molar-refractivity contribution in [2.45, 2.75) is 6.42 Å². The third-order valence-electron chi connectivity index (χ3n) is 1.87. The highest BCUT2D eigenvalue weighted by Gasteiger charge is 2.27. The quantitative estimate of drug-likeness (QED) is 0.450. The van der Waals surface area contributed by atoms with Crippen molar-refractivity contribution in [2.24, 2.45) is 4.99 Å². The van der Waals surface area contributed by atoms with Crippen LogP contribution in [-0.4, -0.2) is 34.4 Å². The van der Waals surface area contributed by atoms with Crippen LogP contribution < -0.4 is 0 Å². The molecule has 0 N–H and O–H groups in total. The van der Waals surface area contributed by atoms with Crippen molar-refractivity contribution in [3.8, 4) is 0 Å². The van der Waals surface area contributed by atoms with Crippen molar-refractivity contribution in [1.82, 2.24) is 4.31 Å². The van der Waals surface area contributed by atoms with Crippen molar-refractivity contribution >= 4 is 29.7 Å². The molecule has 68 valence electrons. The molecule has 1 saturated heterocycles. The topological polar surface area (TPSA) is 49.7 Å². The van der Waals surface area contributed by atoms with Crippen LogP contribution >= 0.6 is 11.9 Å². The Labute approximate surface area is 79.8 Å². The van der Waals surface area contributed by atoms with E-state index in [9.17, 15) is 9.59 Å². The minimum Gasteiger partial charge on any atom is -0.311 e. The van der Waals surface area contributed by atoms with Crippen LogP contribution in [0.1, 0.15) is 6.42 Å². The van der Waals surface area contributed by atoms with Crippen molar-refractivity contribution in [2.75, 3.05) is 12.3 Å². The molecule has 0 aromatic rings. The molecule has 0 aromatic carbocycles. The van der Waals surface area contributed by atoms with Crippen LogP contribution in [0.25, 0.3) is 0 Å². The van der Waals surface area contributed by atoms with E-state index in [1.807, 2.05) is 4.31 Å². The second-order valence-electron chi connectivity index (χ2n) is 2.77. The molecule has 0 amide bonds. The summed E-state index contributed by atoms with van der Waals surface area (Å²) in [4.78, 5) is 26.1. The SMILES string of the molecule is O=C1C=NC=C(N2CCCS2)C1=O. The van der Waals surface area contributed by atoms with E-state index in [1.165, 1.54) is 6.20 Å². The van der Waals surface area contributed by atoms with Gasteiger partial charge in [-0.3, -0.25) is 14.6 Å². The highest BCUT2D eigenvalue weighted by Crippen LogP contribution is 2.26. The third kappa shape index (κ3) is 1.51. The van der Waals surface area contributed by atoms with Gasteiger partial charge in [-0.1, -0.05) is 0 Å². The first kappa shape index (κ1) is 8.50. The summed E-state index contributed by atoms with van der Waals surface area (Å²) in [6.07, 6.45) is 3.57. The van der Waals surface area contributed by atoms with E-state index < -0.39 is 11.6 Å². The molecule has 5 heteroatoms. The van der Waals surface area contributed by atoms with Crippen LogP contribution in [0.2, 0.25) is 0 Å². The zero-order valence-corrected chi connectivity index (χ0v) is 7.71. The number of carbonyl (C=O) groups excluding carboxylic acids is 2. The Morgan fingerprint density at radius 2 is 2.31 bits per heavy atom. The van der Waals surface area contributed by atoms with Crippen LogP contribution in [0.3, 0.4) is 0 Å². The predicted octanol–water partition coefficient (Wildman–Crippen LogP) is 0.404. The molecular formula is C8H8N2O2S. The zero-order valence-electron chi connectivity index (χ0n) is 6.90. The van der Waals surface area contributed by atoms with Gasteiger partial charge in [-0.2, -0.15) is 0 Å². The Bertz CT molecular complexity index is 316. The van der Waals surface area contributed by atoms with Crippen LogP contribution in [0.5, 0.6) is 0 Å². The van der Waals surface area contributed by atoms with Crippen molar-refractivity contribution < 1.29 is 9.59 Å². The Balaban J connectivity index is 2.21. The molecule has 0 aliphatic carbocycles. The molecule has 0 radical (unpaired) electrons. The summed E-state index contributed by atoms with van der Waals surface area (Å²) in [5, 5.41) is 0. The first-order chi connectivity index (χ1) is 6.29. The molecule has 0 aromatic heterocycles. The molecule has 0 spiro atoms. The Morgan fingerprint density at radius 3 is 3.00 bits per heavy atom. The average molecular weight is 196 g/mol. The van der Waals surface area contributed by atoms with Gasteiger partial charge in [0.05, 0.1) is 12.4 Å². The number of hydrogen-bond donors (Lipinski definition) is 0. The summed E-state index contributed by atoms with van der Waals surface area (Å²) >= 11 is 1.57. The van der Waals surface area contributed by atoms with Crippen LogP contribution in [0.15, 0.2) is 16.9 Å². The number of carbonyl (C=O) groups is 2. The van der Waals surface area contributed by atoms with Crippen molar-refractivity contribution in [3.63, 3.8) is 0 Å². The number of nitrogens with zero attached hydrogens (tertiary/aromatic N) is 2. The van der Waals surface area contributed by atoms with Gasteiger partial charge < -0.3 is 4.31 Å². The molecule has 0 unspecified atom stereocenters. The number of Topliss-reactive ketones (excluding diaryl/α,β-unsaturated/α-hetero) is 2. The largest absolute Gasteiger partial charge is 0.311 e. The molecule has 2 aliphatic heterocycles. The predicted molar refractivity (Wildman–Crippen MR) is 50.4 cm³/mol. The summed E-state index contributed by atoms with van der Waals surface area (Å²) in [6.45, 7) is 0.824. The molecule has 13 heavy (non-hydrogen) atoms. The molecule has 2 rings (SSSR count). The first-order valence-corrected chi connectivity index (χ1v) is 4.96. The fourth-order valence-corrected chi connectivity index (χ4v) is 2.24. The van der Waals surface area contributed by atoms with E-state index in [-0.39, 0.29) is 0 Å². The van der Waals surface area contributed by atoms with E-state index >= 15 is 0 Å². The van der Waals surface area contributed by atoms with Gasteiger partial charge in [0.1, 0.15) is 5.70 Å². The molecule has 0 bridgehead atoms. The Morgan fingerprint density at radius 1 is 1.46 bits per heavy atom. The van der Waals surface area contributed by atoms with Gasteiger partial charge in [0, 0.05) is 12.3 Å². The molecule has 2 heterocycles. The average Bonchev–Trinajstić information content (AvgIpc) is 2.62. The minimum atomic E-state index is -0.523. The monoisotopic (exact) mass is 196 g/mol. The molecule has 4 nitrogen and oxygen atoms in total. The first-order valence-electron chi connectivity index (χ1n) is 4.01. The van der Waals surface area contributed by atoms with E-state index in [4.69, 9.17) is 0 Å². The van der Waals surface area contributed by atoms with Crippen LogP contribution in [-0.2, 0) is 9.59 Å². The lowest BCUT2D eigenvalue weighted by atomic mass is 10.2. The zero-order chi connectivity index (χ0) is 9.26. The standard InChI is InChI=1S/C8H8N2O2S/c11-7-5-9-4-6(8(7)12)10-2-1-3-13-10/h4-5H,1-3H2. The highest BCUT2D eigenvalue weighted by atomic mass is 32.2. The lowest BCUT2D eigenvalue weighted by Crippen LogP contribution is -2.28. The number of allylic oxidation sites excluding steroid dienone is 1. The minimum absolute atomic E-state index is 0.426. The van der Waals surface area contributed by atoms with E-state index in [0.717, 1.165) is 24.9 Å². The molecule has 2 aliphatic rings. The maximum Gasteiger partial charge on any atom is 0.252 e. The van der Waals surface area contributed by atoms with E-state index in [2.05, 4.69) is 4.99 Å². The van der Waals surface area contributed by atoms with Crippen LogP contribution in [0.4, 0.5) is 0 Å². The number of aliphatic imine (C=N–C) groups is 1. The summed E-state index contributed by atoms with van der Waals surface area (Å²) in [5.74, 6) is 0.0390. The number of hydrogen-bond acceptors (Lipinski definition) is 5. The second-order valence-corrected chi connectivity index (χ2v) is 3.88. The molecule has 0 atom stereocenters. The van der Waals surface area contributed by atoms with Gasteiger partial charge in [0.15, 0.2) is 0 Å². The number of rotatable bonds is 1. The van der Waals surface area contributed by atoms with Gasteiger partial charge in [-0.15, -0.1) is 0 Å². The van der Waals surface area contributed by atoms with Gasteiger partial charge in [0.2, 0.25) is 5.78 Å². The lowest BCUT2D eigenvalue weighted by molar-refractivity contribution is -0.130. The lowest BCUT2D eigenvalue weighted by Gasteiger charge is -2.17. The fourth-order valence-electron chi connectivity index (χ4n) is 1.23. The fraction of sp³-hybridized carbons (Fsp3) is 0.375. The van der Waals surface area contributed by atoms with Gasteiger partial charge in [-0.05, 0) is 18.4 Å². The van der Waals surface area contributed by atoms with Crippen molar-refractivity contribution in [3.05, 3.63) is 11.9 Å². The van der Waals surface area contributed by atoms with Crippen LogP contribution in [0, 0.1) is 0 Å². The maximum absolute atomic E-state index is 11.3. The molecule has 0 saturated carbocycles. The summed E-state index contributed by atoms with van der Waals surface area (Å²) in [7, 11) is 0. The smallest absolute Gasteiger partial charge is 0.252 e. The Kier molecular flexibility index (Phi) is 2.18. The summed E-state index contributed by atoms with van der Waals surface area (Å²) in [6, 6.07) is 0. The molecular weight excluding hydrogens is 188 g/mol. The van der Waals surface area contributed by atoms with Crippen molar-refractivity contribution in [1.29, 1.82) is 0 Å². The van der Waals surface area contributed by atoms with E-state index in [1.54, 1.807) is 11.9 Å². The van der Waals surface area contributed by atoms with E-state index in [0.29, 0.717) is 5.70 Å². The second kappa shape index (κ2) is 3.33. The Hall–Kier alpha value is -1.10. The molecule has 1 fully saturated rings. The summed E-state index contributed by atoms with van der Waals surface area (Å²) in [5.41, 5.74) is 0.426. The van der Waals surface area contributed by atoms with Gasteiger partial charge >= 0.3 is 0 Å². The normalized spacial score (nSPS) is 22.5. The maximum atomic E-state index is 11.3. The number of ketones is 2. The third-order valence-corrected chi connectivity index (χ3v) is 3.03. The van der Waals surface area contributed by atoms with Gasteiger partial charge in [0.25, 0.3) is 5.78 Å². The highest BCUT2D eigenvalue weighted by molar-refractivity contribution is 7.97. The van der Waals surface area contributed by atoms with Gasteiger partial charge in [-0.25, -0.2) is 0 Å².